The van der Waals surface area contributed by atoms with Gasteiger partial charge in [-0.2, -0.15) is 0 Å². The van der Waals surface area contributed by atoms with Crippen LogP contribution in [0, 0.1) is 0 Å². The standard InChI is InChI=1S/C33H49IN6O4/c1-32(2,3)43-30(41)39(17-15-34)20-28-35-19-26(36-28)22-11-9-21(10-12-22)23-13-14-24-25(18-23)38-29(37-24)27-8-7-16-40(27)31(42)44-33(4,5)6/h9,11,18,26-28,35-36H,7-8,10,12-17,19-20H2,1-6H3,(H,37,38)/t26?,27-,28?/m0/s1. The number of alkyl halides is 1. The van der Waals surface area contributed by atoms with E-state index >= 15 is 0 Å². The van der Waals surface area contributed by atoms with Crippen molar-refractivity contribution in [1.82, 2.24) is 30.4 Å². The van der Waals surface area contributed by atoms with Gasteiger partial charge in [-0.15, -0.1) is 0 Å². The quantitative estimate of drug-likeness (QED) is 0.234. The molecule has 2 amide bonds. The fraction of sp³-hybridized carbons (Fsp3) is 0.667. The maximum absolute atomic E-state index is 12.8. The van der Waals surface area contributed by atoms with Gasteiger partial charge in [0.15, 0.2) is 0 Å². The molecule has 4 aliphatic rings. The Morgan fingerprint density at radius 3 is 2.48 bits per heavy atom. The fourth-order valence-electron chi connectivity index (χ4n) is 6.35. The number of halogens is 1. The zero-order valence-corrected chi connectivity index (χ0v) is 29.3. The van der Waals surface area contributed by atoms with Crippen molar-refractivity contribution >= 4 is 40.9 Å². The molecule has 1 aromatic rings. The molecule has 2 saturated heterocycles. The zero-order valence-electron chi connectivity index (χ0n) is 27.1. The normalized spacial score (nSPS) is 23.9. The molecule has 2 fully saturated rings. The van der Waals surface area contributed by atoms with Gasteiger partial charge in [0.05, 0.1) is 24.4 Å². The van der Waals surface area contributed by atoms with Crippen molar-refractivity contribution in [2.24, 2.45) is 0 Å². The Labute approximate surface area is 275 Å². The second-order valence-corrected chi connectivity index (χ2v) is 15.3. The number of hydrogen-bond donors (Lipinski definition) is 3. The van der Waals surface area contributed by atoms with E-state index in [2.05, 4.69) is 56.4 Å². The molecule has 0 spiro atoms. The summed E-state index contributed by atoms with van der Waals surface area (Å²) in [6.07, 6.45) is 12.0. The van der Waals surface area contributed by atoms with Crippen LogP contribution in [0.25, 0.3) is 6.08 Å². The minimum Gasteiger partial charge on any atom is -0.444 e. The van der Waals surface area contributed by atoms with Crippen LogP contribution in [0.3, 0.4) is 0 Å². The molecular formula is C33H49IN6O4. The number of hydrogen-bond acceptors (Lipinski definition) is 7. The first-order valence-corrected chi connectivity index (χ1v) is 17.5. The second kappa shape index (κ2) is 13.5. The average Bonchev–Trinajstić information content (AvgIpc) is 3.70. The van der Waals surface area contributed by atoms with Crippen LogP contribution in [-0.4, -0.2) is 86.0 Å². The largest absolute Gasteiger partial charge is 0.444 e. The van der Waals surface area contributed by atoms with Crippen LogP contribution in [0.5, 0.6) is 0 Å². The van der Waals surface area contributed by atoms with Gasteiger partial charge < -0.3 is 19.4 Å². The molecule has 2 unspecified atom stereocenters. The summed E-state index contributed by atoms with van der Waals surface area (Å²) in [7, 11) is 0. The topological polar surface area (TPSA) is 112 Å². The van der Waals surface area contributed by atoms with Crippen molar-refractivity contribution in [3.05, 3.63) is 46.1 Å². The summed E-state index contributed by atoms with van der Waals surface area (Å²) >= 11 is 2.30. The molecule has 0 bridgehead atoms. The second-order valence-electron chi connectivity index (χ2n) is 14.2. The Morgan fingerprint density at radius 2 is 1.80 bits per heavy atom. The van der Waals surface area contributed by atoms with E-state index in [-0.39, 0.29) is 30.4 Å². The molecule has 242 valence electrons. The number of ether oxygens (including phenoxy) is 2. The molecule has 3 N–H and O–H groups in total. The number of rotatable bonds is 7. The lowest BCUT2D eigenvalue weighted by Gasteiger charge is -2.29. The number of nitrogens with zero attached hydrogens (tertiary/aromatic N) is 3. The van der Waals surface area contributed by atoms with Crippen molar-refractivity contribution in [2.75, 3.05) is 30.6 Å². The average molecular weight is 721 g/mol. The van der Waals surface area contributed by atoms with E-state index in [1.165, 1.54) is 16.7 Å². The first-order chi connectivity index (χ1) is 20.8. The monoisotopic (exact) mass is 720 g/mol. The molecule has 11 heteroatoms. The van der Waals surface area contributed by atoms with Crippen LogP contribution < -0.4 is 10.6 Å². The highest BCUT2D eigenvalue weighted by atomic mass is 127. The summed E-state index contributed by atoms with van der Waals surface area (Å²) in [4.78, 5) is 37.7. The minimum atomic E-state index is -0.518. The van der Waals surface area contributed by atoms with Gasteiger partial charge in [0, 0.05) is 35.8 Å². The van der Waals surface area contributed by atoms with Crippen molar-refractivity contribution in [3.63, 3.8) is 0 Å². The van der Waals surface area contributed by atoms with E-state index in [1.807, 2.05) is 46.4 Å². The van der Waals surface area contributed by atoms with E-state index < -0.39 is 11.2 Å². The van der Waals surface area contributed by atoms with Crippen LogP contribution in [0.15, 0.2) is 28.9 Å². The van der Waals surface area contributed by atoms with E-state index in [4.69, 9.17) is 14.5 Å². The van der Waals surface area contributed by atoms with Crippen LogP contribution in [0.1, 0.15) is 96.9 Å². The lowest BCUT2D eigenvalue weighted by molar-refractivity contribution is 0.0215. The zero-order chi connectivity index (χ0) is 31.6. The van der Waals surface area contributed by atoms with Crippen LogP contribution in [0.2, 0.25) is 0 Å². The van der Waals surface area contributed by atoms with Gasteiger partial charge in [-0.25, -0.2) is 14.6 Å². The van der Waals surface area contributed by atoms with Gasteiger partial charge in [0.1, 0.15) is 17.0 Å². The van der Waals surface area contributed by atoms with Crippen molar-refractivity contribution < 1.29 is 19.1 Å². The SMILES string of the molecule is CC(C)(C)OC(=O)N(CCI)CC1NCC(C2=CC=C(C3=Cc4nc([C@@H]5CCCN5C(=O)OC(C)(C)C)[nH]c4CC3)CC2)N1. The molecule has 5 rings (SSSR count). The van der Waals surface area contributed by atoms with Gasteiger partial charge in [-0.05, 0) is 97.3 Å². The number of carbonyl (C=O) groups excluding carboxylic acids is 2. The fourth-order valence-corrected chi connectivity index (χ4v) is 6.93. The number of carbonyl (C=O) groups is 2. The van der Waals surface area contributed by atoms with Crippen molar-refractivity contribution in [3.8, 4) is 0 Å². The first-order valence-electron chi connectivity index (χ1n) is 16.0. The molecule has 0 saturated carbocycles. The Bertz CT molecular complexity index is 1320. The number of allylic oxidation sites excluding steroid dienone is 4. The third kappa shape index (κ3) is 8.25. The number of fused-ring (bicyclic) bond motifs is 1. The summed E-state index contributed by atoms with van der Waals surface area (Å²) in [6, 6.07) is 0.180. The predicted octanol–water partition coefficient (Wildman–Crippen LogP) is 6.02. The summed E-state index contributed by atoms with van der Waals surface area (Å²) in [5.74, 6) is 0.869. The number of aryl methyl sites for hydroxylation is 1. The molecule has 0 radical (unpaired) electrons. The van der Waals surface area contributed by atoms with Gasteiger partial charge >= 0.3 is 12.2 Å². The molecule has 2 aliphatic heterocycles. The molecule has 2 aliphatic carbocycles. The maximum atomic E-state index is 12.8. The Balaban J connectivity index is 1.20. The Morgan fingerprint density at radius 1 is 1.05 bits per heavy atom. The molecule has 44 heavy (non-hydrogen) atoms. The molecule has 1 aromatic heterocycles. The predicted molar refractivity (Wildman–Crippen MR) is 181 cm³/mol. The maximum Gasteiger partial charge on any atom is 0.410 e. The number of nitrogens with one attached hydrogen (secondary N) is 3. The van der Waals surface area contributed by atoms with Gasteiger partial charge in [0.25, 0.3) is 0 Å². The van der Waals surface area contributed by atoms with E-state index in [1.54, 1.807) is 4.90 Å². The summed E-state index contributed by atoms with van der Waals surface area (Å²) < 4.78 is 12.2. The minimum absolute atomic E-state index is 0.0289. The molecule has 0 aromatic carbocycles. The third-order valence-corrected chi connectivity index (χ3v) is 8.88. The number of H-pyrrole nitrogens is 1. The van der Waals surface area contributed by atoms with E-state index in [9.17, 15) is 9.59 Å². The van der Waals surface area contributed by atoms with Gasteiger partial charge in [-0.1, -0.05) is 40.3 Å². The Hall–Kier alpha value is -2.38. The third-order valence-electron chi connectivity index (χ3n) is 8.40. The van der Waals surface area contributed by atoms with Crippen LogP contribution >= 0.6 is 22.6 Å². The highest BCUT2D eigenvalue weighted by Crippen LogP contribution is 2.36. The van der Waals surface area contributed by atoms with Crippen molar-refractivity contribution in [2.45, 2.75) is 110 Å². The summed E-state index contributed by atoms with van der Waals surface area (Å²) in [5.41, 5.74) is 5.25. The Kier molecular flexibility index (Phi) is 10.2. The van der Waals surface area contributed by atoms with E-state index in [0.29, 0.717) is 19.6 Å². The van der Waals surface area contributed by atoms with Gasteiger partial charge in [0.2, 0.25) is 0 Å². The lowest BCUT2D eigenvalue weighted by Crippen LogP contribution is -2.48. The van der Waals surface area contributed by atoms with Crippen molar-refractivity contribution in [1.29, 1.82) is 0 Å². The number of imidazole rings is 1. The molecule has 3 atom stereocenters. The smallest absolute Gasteiger partial charge is 0.410 e. The van der Waals surface area contributed by atoms with Crippen LogP contribution in [0.4, 0.5) is 9.59 Å². The number of aromatic amines is 1. The van der Waals surface area contributed by atoms with E-state index in [0.717, 1.165) is 66.7 Å². The molecule has 10 nitrogen and oxygen atoms in total. The highest BCUT2D eigenvalue weighted by Gasteiger charge is 2.36. The van der Waals surface area contributed by atoms with Gasteiger partial charge in [-0.3, -0.25) is 15.5 Å². The first kappa shape index (κ1) is 33.0. The number of aromatic nitrogens is 2. The summed E-state index contributed by atoms with van der Waals surface area (Å²) in [5, 5.41) is 7.26. The highest BCUT2D eigenvalue weighted by molar-refractivity contribution is 14.1. The lowest BCUT2D eigenvalue weighted by atomic mass is 9.86. The number of likely N-dealkylation sites (tertiary alicyclic amines) is 1. The number of amides is 2. The van der Waals surface area contributed by atoms with Crippen LogP contribution in [-0.2, 0) is 15.9 Å². The molecule has 3 heterocycles. The molecular weight excluding hydrogens is 671 g/mol. The summed E-state index contributed by atoms with van der Waals surface area (Å²) in [6.45, 7) is 14.2.